The molecule has 0 fully saturated rings. The van der Waals surface area contributed by atoms with Gasteiger partial charge in [0.15, 0.2) is 0 Å². The highest BCUT2D eigenvalue weighted by Gasteiger charge is 2.16. The van der Waals surface area contributed by atoms with E-state index in [2.05, 4.69) is 12.2 Å². The van der Waals surface area contributed by atoms with Crippen LogP contribution in [0.3, 0.4) is 0 Å². The fourth-order valence-electron chi connectivity index (χ4n) is 0.940. The van der Waals surface area contributed by atoms with Crippen LogP contribution in [0.15, 0.2) is 0 Å². The third-order valence-electron chi connectivity index (χ3n) is 2.06. The summed E-state index contributed by atoms with van der Waals surface area (Å²) in [7, 11) is 0. The van der Waals surface area contributed by atoms with Crippen molar-refractivity contribution in [2.45, 2.75) is 33.6 Å². The van der Waals surface area contributed by atoms with Gasteiger partial charge >= 0.3 is 5.97 Å². The van der Waals surface area contributed by atoms with Crippen LogP contribution in [0, 0.1) is 5.41 Å². The van der Waals surface area contributed by atoms with Gasteiger partial charge < -0.3 is 15.2 Å². The van der Waals surface area contributed by atoms with Crippen molar-refractivity contribution in [3.63, 3.8) is 0 Å². The lowest BCUT2D eigenvalue weighted by molar-refractivity contribution is -0.142. The first kappa shape index (κ1) is 14.4. The quantitative estimate of drug-likeness (QED) is 0.469. The van der Waals surface area contributed by atoms with E-state index in [4.69, 9.17) is 9.84 Å². The molecule has 4 nitrogen and oxygen atoms in total. The van der Waals surface area contributed by atoms with E-state index >= 15 is 0 Å². The first-order chi connectivity index (χ1) is 7.02. The Hall–Kier alpha value is -0.610. The summed E-state index contributed by atoms with van der Waals surface area (Å²) in [4.78, 5) is 11.1. The molecule has 0 heterocycles. The first-order valence-electron chi connectivity index (χ1n) is 5.49. The van der Waals surface area contributed by atoms with E-state index in [0.717, 1.165) is 12.8 Å². The molecule has 0 aliphatic heterocycles. The Kier molecular flexibility index (Phi) is 7.34. The maximum absolute atomic E-state index is 11.1. The molecule has 0 aromatic carbocycles. The molecule has 0 amide bonds. The van der Waals surface area contributed by atoms with Crippen molar-refractivity contribution in [1.82, 2.24) is 5.32 Å². The van der Waals surface area contributed by atoms with Crippen LogP contribution in [0.5, 0.6) is 0 Å². The van der Waals surface area contributed by atoms with Crippen molar-refractivity contribution in [1.29, 1.82) is 0 Å². The van der Waals surface area contributed by atoms with Crippen LogP contribution in [-0.2, 0) is 9.53 Å². The third kappa shape index (κ3) is 8.39. The monoisotopic (exact) mass is 217 g/mol. The lowest BCUT2D eigenvalue weighted by Crippen LogP contribution is -2.35. The number of rotatable bonds is 8. The van der Waals surface area contributed by atoms with Crippen molar-refractivity contribution in [3.8, 4) is 0 Å². The van der Waals surface area contributed by atoms with Crippen LogP contribution in [-0.4, -0.2) is 37.4 Å². The number of ether oxygens (including phenoxy) is 1. The van der Waals surface area contributed by atoms with Crippen molar-refractivity contribution in [2.75, 3.05) is 26.3 Å². The lowest BCUT2D eigenvalue weighted by atomic mass is 9.95. The Morgan fingerprint density at radius 1 is 1.47 bits per heavy atom. The van der Waals surface area contributed by atoms with E-state index in [1.165, 1.54) is 0 Å². The Morgan fingerprint density at radius 2 is 2.13 bits per heavy atom. The zero-order chi connectivity index (χ0) is 11.7. The average Bonchev–Trinajstić information content (AvgIpc) is 2.18. The molecular weight excluding hydrogens is 194 g/mol. The Morgan fingerprint density at radius 3 is 2.67 bits per heavy atom. The largest absolute Gasteiger partial charge is 0.465 e. The van der Waals surface area contributed by atoms with Crippen LogP contribution in [0.4, 0.5) is 0 Å². The highest BCUT2D eigenvalue weighted by Crippen LogP contribution is 2.10. The first-order valence-corrected chi connectivity index (χ1v) is 5.49. The predicted molar refractivity (Wildman–Crippen MR) is 59.6 cm³/mol. The minimum absolute atomic E-state index is 0.102. The molecule has 0 unspecified atom stereocenters. The molecule has 0 saturated carbocycles. The maximum atomic E-state index is 11.1. The van der Waals surface area contributed by atoms with Gasteiger partial charge in [-0.3, -0.25) is 4.79 Å². The fraction of sp³-hybridized carbons (Fsp3) is 0.909. The Labute approximate surface area is 92.0 Å². The van der Waals surface area contributed by atoms with Gasteiger partial charge in [0, 0.05) is 18.6 Å². The second-order valence-electron chi connectivity index (χ2n) is 4.50. The number of aliphatic hydroxyl groups excluding tert-OH is 1. The minimum Gasteiger partial charge on any atom is -0.465 e. The molecule has 0 bridgehead atoms. The van der Waals surface area contributed by atoms with Crippen molar-refractivity contribution in [2.24, 2.45) is 5.41 Å². The second kappa shape index (κ2) is 7.65. The summed E-state index contributed by atoms with van der Waals surface area (Å²) < 4.78 is 4.97. The van der Waals surface area contributed by atoms with E-state index in [1.54, 1.807) is 0 Å². The van der Waals surface area contributed by atoms with Crippen LogP contribution in [0.25, 0.3) is 0 Å². The zero-order valence-corrected chi connectivity index (χ0v) is 10.0. The number of unbranched alkanes of at least 4 members (excludes halogenated alkanes) is 1. The maximum Gasteiger partial charge on any atom is 0.319 e. The standard InChI is InChI=1S/C11H23NO3/c1-4-5-6-15-10(14)7-12-8-11(2,3)9-13/h12-13H,4-9H2,1-3H3. The molecule has 0 radical (unpaired) electrons. The van der Waals surface area contributed by atoms with Crippen LogP contribution in [0.1, 0.15) is 33.6 Å². The summed E-state index contributed by atoms with van der Waals surface area (Å²) >= 11 is 0. The summed E-state index contributed by atoms with van der Waals surface area (Å²) in [6, 6.07) is 0. The SMILES string of the molecule is CCCCOC(=O)CNCC(C)(C)CO. The van der Waals surface area contributed by atoms with Crippen molar-refractivity contribution >= 4 is 5.97 Å². The lowest BCUT2D eigenvalue weighted by Gasteiger charge is -2.21. The summed E-state index contributed by atoms with van der Waals surface area (Å²) in [6.07, 6.45) is 1.94. The summed E-state index contributed by atoms with van der Waals surface area (Å²) in [6.45, 7) is 7.34. The second-order valence-corrected chi connectivity index (χ2v) is 4.50. The number of aliphatic hydroxyl groups is 1. The fourth-order valence-corrected chi connectivity index (χ4v) is 0.940. The molecule has 0 aromatic rings. The Bertz CT molecular complexity index is 181. The van der Waals surface area contributed by atoms with E-state index in [9.17, 15) is 4.79 Å². The summed E-state index contributed by atoms with van der Waals surface area (Å²) in [5, 5.41) is 11.9. The molecule has 0 saturated heterocycles. The molecule has 0 rings (SSSR count). The highest BCUT2D eigenvalue weighted by molar-refractivity contribution is 5.71. The van der Waals surface area contributed by atoms with E-state index in [-0.39, 0.29) is 24.5 Å². The number of hydrogen-bond donors (Lipinski definition) is 2. The summed E-state index contributed by atoms with van der Waals surface area (Å²) in [5.41, 5.74) is -0.191. The van der Waals surface area contributed by atoms with Crippen LogP contribution < -0.4 is 5.32 Å². The van der Waals surface area contributed by atoms with Gasteiger partial charge in [-0.2, -0.15) is 0 Å². The molecule has 0 aromatic heterocycles. The van der Waals surface area contributed by atoms with Gasteiger partial charge in [0.2, 0.25) is 0 Å². The molecule has 4 heteroatoms. The van der Waals surface area contributed by atoms with Gasteiger partial charge in [-0.05, 0) is 6.42 Å². The summed E-state index contributed by atoms with van der Waals surface area (Å²) in [5.74, 6) is -0.225. The third-order valence-corrected chi connectivity index (χ3v) is 2.06. The molecule has 0 aliphatic carbocycles. The van der Waals surface area contributed by atoms with Gasteiger partial charge in [-0.25, -0.2) is 0 Å². The minimum atomic E-state index is -0.225. The van der Waals surface area contributed by atoms with E-state index in [0.29, 0.717) is 13.2 Å². The van der Waals surface area contributed by atoms with Crippen molar-refractivity contribution < 1.29 is 14.6 Å². The van der Waals surface area contributed by atoms with Gasteiger partial charge in [0.25, 0.3) is 0 Å². The average molecular weight is 217 g/mol. The number of esters is 1. The zero-order valence-electron chi connectivity index (χ0n) is 10.0. The van der Waals surface area contributed by atoms with Crippen molar-refractivity contribution in [3.05, 3.63) is 0 Å². The molecule has 0 atom stereocenters. The predicted octanol–water partition coefficient (Wildman–Crippen LogP) is 0.938. The number of carbonyl (C=O) groups excluding carboxylic acids is 1. The van der Waals surface area contributed by atoms with Gasteiger partial charge in [-0.1, -0.05) is 27.2 Å². The molecule has 0 aliphatic rings. The molecular formula is C11H23NO3. The Balaban J connectivity index is 3.46. The van der Waals surface area contributed by atoms with E-state index in [1.807, 2.05) is 13.8 Å². The van der Waals surface area contributed by atoms with Gasteiger partial charge in [-0.15, -0.1) is 0 Å². The number of nitrogens with one attached hydrogen (secondary N) is 1. The normalized spacial score (nSPS) is 11.5. The highest BCUT2D eigenvalue weighted by atomic mass is 16.5. The number of hydrogen-bond acceptors (Lipinski definition) is 4. The molecule has 2 N–H and O–H groups in total. The van der Waals surface area contributed by atoms with Crippen LogP contribution in [0.2, 0.25) is 0 Å². The number of carbonyl (C=O) groups is 1. The smallest absolute Gasteiger partial charge is 0.319 e. The molecule has 15 heavy (non-hydrogen) atoms. The van der Waals surface area contributed by atoms with Gasteiger partial charge in [0.05, 0.1) is 13.2 Å². The molecule has 0 spiro atoms. The molecule has 90 valence electrons. The topological polar surface area (TPSA) is 58.6 Å². The van der Waals surface area contributed by atoms with Crippen LogP contribution >= 0.6 is 0 Å². The van der Waals surface area contributed by atoms with Gasteiger partial charge in [0.1, 0.15) is 0 Å². The van der Waals surface area contributed by atoms with E-state index < -0.39 is 0 Å².